The molecule has 0 fully saturated rings. The predicted molar refractivity (Wildman–Crippen MR) is 81.3 cm³/mol. The van der Waals surface area contributed by atoms with E-state index in [0.29, 0.717) is 13.0 Å². The minimum Gasteiger partial charge on any atom is -0.466 e. The third-order valence-corrected chi connectivity index (χ3v) is 3.60. The van der Waals surface area contributed by atoms with Crippen molar-refractivity contribution in [2.75, 3.05) is 26.2 Å². The van der Waals surface area contributed by atoms with Gasteiger partial charge in [-0.05, 0) is 37.4 Å². The number of esters is 1. The first kappa shape index (κ1) is 14.8. The van der Waals surface area contributed by atoms with Crippen LogP contribution in [0.15, 0.2) is 36.4 Å². The highest BCUT2D eigenvalue weighted by molar-refractivity contribution is 5.69. The maximum atomic E-state index is 11.3. The van der Waals surface area contributed by atoms with Crippen LogP contribution in [0.1, 0.15) is 31.7 Å². The van der Waals surface area contributed by atoms with Crippen molar-refractivity contribution in [2.45, 2.75) is 26.2 Å². The van der Waals surface area contributed by atoms with Crippen molar-refractivity contribution < 1.29 is 9.53 Å². The van der Waals surface area contributed by atoms with Crippen LogP contribution < -0.4 is 0 Å². The smallest absolute Gasteiger partial charge is 0.305 e. The van der Waals surface area contributed by atoms with Crippen LogP contribution in [0.3, 0.4) is 0 Å². The van der Waals surface area contributed by atoms with Gasteiger partial charge >= 0.3 is 5.97 Å². The van der Waals surface area contributed by atoms with Gasteiger partial charge in [0, 0.05) is 19.5 Å². The van der Waals surface area contributed by atoms with Crippen LogP contribution in [0.2, 0.25) is 0 Å². The zero-order chi connectivity index (χ0) is 14.2. The zero-order valence-electron chi connectivity index (χ0n) is 12.2. The van der Waals surface area contributed by atoms with Crippen molar-refractivity contribution in [1.82, 2.24) is 4.90 Å². The minimum atomic E-state index is -0.0787. The molecule has 0 spiro atoms. The van der Waals surface area contributed by atoms with Crippen LogP contribution >= 0.6 is 0 Å². The molecule has 1 aliphatic heterocycles. The van der Waals surface area contributed by atoms with E-state index in [1.165, 1.54) is 11.1 Å². The molecular formula is C17H23NO2. The van der Waals surface area contributed by atoms with Gasteiger partial charge in [0.25, 0.3) is 0 Å². The summed E-state index contributed by atoms with van der Waals surface area (Å²) in [5.74, 6) is -0.0787. The van der Waals surface area contributed by atoms with Crippen LogP contribution in [0.4, 0.5) is 0 Å². The molecule has 108 valence electrons. The summed E-state index contributed by atoms with van der Waals surface area (Å²) in [6.45, 7) is 5.35. The summed E-state index contributed by atoms with van der Waals surface area (Å²) < 4.78 is 4.94. The summed E-state index contributed by atoms with van der Waals surface area (Å²) in [5, 5.41) is 0. The topological polar surface area (TPSA) is 29.5 Å². The Labute approximate surface area is 121 Å². The Morgan fingerprint density at radius 3 is 2.75 bits per heavy atom. The van der Waals surface area contributed by atoms with E-state index in [0.717, 1.165) is 32.5 Å². The molecule has 0 amide bonds. The average Bonchev–Trinajstić information content (AvgIpc) is 2.49. The second kappa shape index (κ2) is 7.85. The molecule has 0 unspecified atom stereocenters. The predicted octanol–water partition coefficient (Wildman–Crippen LogP) is 3.12. The molecule has 2 rings (SSSR count). The van der Waals surface area contributed by atoms with Crippen LogP contribution in [0.5, 0.6) is 0 Å². The van der Waals surface area contributed by atoms with Crippen LogP contribution in [0, 0.1) is 0 Å². The molecule has 3 nitrogen and oxygen atoms in total. The fraction of sp³-hybridized carbons (Fsp3) is 0.471. The Bertz CT molecular complexity index is 453. The second-order valence-electron chi connectivity index (χ2n) is 5.05. The van der Waals surface area contributed by atoms with E-state index in [1.54, 1.807) is 0 Å². The van der Waals surface area contributed by atoms with Gasteiger partial charge in [-0.15, -0.1) is 0 Å². The van der Waals surface area contributed by atoms with Gasteiger partial charge in [-0.3, -0.25) is 9.69 Å². The van der Waals surface area contributed by atoms with Gasteiger partial charge in [-0.25, -0.2) is 0 Å². The minimum absolute atomic E-state index is 0.0787. The molecular weight excluding hydrogens is 250 g/mol. The lowest BCUT2D eigenvalue weighted by molar-refractivity contribution is -0.143. The number of rotatable bonds is 6. The highest BCUT2D eigenvalue weighted by Gasteiger charge is 2.13. The molecule has 0 bridgehead atoms. The van der Waals surface area contributed by atoms with E-state index in [2.05, 4.69) is 41.3 Å². The lowest BCUT2D eigenvalue weighted by Crippen LogP contribution is -2.29. The Morgan fingerprint density at radius 2 is 2.10 bits per heavy atom. The summed E-state index contributed by atoms with van der Waals surface area (Å²) in [4.78, 5) is 13.7. The summed E-state index contributed by atoms with van der Waals surface area (Å²) in [6, 6.07) is 10.6. The first-order chi connectivity index (χ1) is 9.79. The van der Waals surface area contributed by atoms with E-state index in [-0.39, 0.29) is 5.97 Å². The number of ether oxygens (including phenoxy) is 1. The van der Waals surface area contributed by atoms with E-state index < -0.39 is 0 Å². The van der Waals surface area contributed by atoms with Crippen LogP contribution in [0.25, 0.3) is 5.57 Å². The van der Waals surface area contributed by atoms with Gasteiger partial charge in [-0.1, -0.05) is 36.4 Å². The molecule has 0 atom stereocenters. The molecule has 0 saturated carbocycles. The van der Waals surface area contributed by atoms with Gasteiger partial charge in [-0.2, -0.15) is 0 Å². The standard InChI is InChI=1S/C17H23NO2/c1-2-20-17(19)9-6-12-18-13-10-16(11-14-18)15-7-4-3-5-8-15/h3-5,7-8,10H,2,6,9,11-14H2,1H3. The quantitative estimate of drug-likeness (QED) is 0.746. The molecule has 0 aliphatic carbocycles. The summed E-state index contributed by atoms with van der Waals surface area (Å²) in [7, 11) is 0. The van der Waals surface area contributed by atoms with Gasteiger partial charge < -0.3 is 4.74 Å². The third-order valence-electron chi connectivity index (χ3n) is 3.60. The summed E-state index contributed by atoms with van der Waals surface area (Å²) >= 11 is 0. The molecule has 0 radical (unpaired) electrons. The first-order valence-electron chi connectivity index (χ1n) is 7.42. The monoisotopic (exact) mass is 273 g/mol. The highest BCUT2D eigenvalue weighted by atomic mass is 16.5. The van der Waals surface area contributed by atoms with Crippen molar-refractivity contribution in [3.05, 3.63) is 42.0 Å². The number of hydrogen-bond acceptors (Lipinski definition) is 3. The van der Waals surface area contributed by atoms with Crippen molar-refractivity contribution in [3.8, 4) is 0 Å². The van der Waals surface area contributed by atoms with Gasteiger partial charge in [0.1, 0.15) is 0 Å². The first-order valence-corrected chi connectivity index (χ1v) is 7.42. The molecule has 1 aromatic carbocycles. The highest BCUT2D eigenvalue weighted by Crippen LogP contribution is 2.21. The van der Waals surface area contributed by atoms with Crippen molar-refractivity contribution >= 4 is 11.5 Å². The van der Waals surface area contributed by atoms with E-state index in [4.69, 9.17) is 4.74 Å². The number of hydrogen-bond donors (Lipinski definition) is 0. The van der Waals surface area contributed by atoms with Crippen LogP contribution in [-0.2, 0) is 9.53 Å². The van der Waals surface area contributed by atoms with Gasteiger partial charge in [0.2, 0.25) is 0 Å². The van der Waals surface area contributed by atoms with E-state index in [1.807, 2.05) is 6.92 Å². The summed E-state index contributed by atoms with van der Waals surface area (Å²) in [5.41, 5.74) is 2.77. The van der Waals surface area contributed by atoms with Crippen LogP contribution in [-0.4, -0.2) is 37.1 Å². The molecule has 1 aliphatic rings. The Morgan fingerprint density at radius 1 is 1.30 bits per heavy atom. The Kier molecular flexibility index (Phi) is 5.81. The molecule has 20 heavy (non-hydrogen) atoms. The number of carbonyl (C=O) groups excluding carboxylic acids is 1. The van der Waals surface area contributed by atoms with Gasteiger partial charge in [0.15, 0.2) is 0 Å². The Balaban J connectivity index is 1.74. The number of benzene rings is 1. The fourth-order valence-electron chi connectivity index (χ4n) is 2.51. The maximum Gasteiger partial charge on any atom is 0.305 e. The maximum absolute atomic E-state index is 11.3. The average molecular weight is 273 g/mol. The number of nitrogens with zero attached hydrogens (tertiary/aromatic N) is 1. The SMILES string of the molecule is CCOC(=O)CCCN1CC=C(c2ccccc2)CC1. The zero-order valence-corrected chi connectivity index (χ0v) is 12.2. The molecule has 0 aromatic heterocycles. The normalized spacial score (nSPS) is 15.8. The van der Waals surface area contributed by atoms with E-state index >= 15 is 0 Å². The fourth-order valence-corrected chi connectivity index (χ4v) is 2.51. The molecule has 1 heterocycles. The van der Waals surface area contributed by atoms with Gasteiger partial charge in [0.05, 0.1) is 6.61 Å². The largest absolute Gasteiger partial charge is 0.466 e. The lowest BCUT2D eigenvalue weighted by atomic mass is 9.99. The Hall–Kier alpha value is -1.61. The van der Waals surface area contributed by atoms with Crippen molar-refractivity contribution in [3.63, 3.8) is 0 Å². The molecule has 0 N–H and O–H groups in total. The van der Waals surface area contributed by atoms with E-state index in [9.17, 15) is 4.79 Å². The second-order valence-corrected chi connectivity index (χ2v) is 5.05. The summed E-state index contributed by atoms with van der Waals surface area (Å²) in [6.07, 6.45) is 4.81. The number of carbonyl (C=O) groups is 1. The molecule has 1 aromatic rings. The lowest BCUT2D eigenvalue weighted by Gasteiger charge is -2.26. The molecule has 3 heteroatoms. The third kappa shape index (κ3) is 4.49. The van der Waals surface area contributed by atoms with Crippen molar-refractivity contribution in [2.24, 2.45) is 0 Å². The van der Waals surface area contributed by atoms with Crippen molar-refractivity contribution in [1.29, 1.82) is 0 Å². The molecule has 0 saturated heterocycles.